The Hall–Kier alpha value is -2.83. The van der Waals surface area contributed by atoms with Gasteiger partial charge in [-0.25, -0.2) is 9.69 Å². The quantitative estimate of drug-likeness (QED) is 0.622. The van der Waals surface area contributed by atoms with Gasteiger partial charge in [-0.05, 0) is 12.1 Å². The fourth-order valence-electron chi connectivity index (χ4n) is 1.79. The van der Waals surface area contributed by atoms with E-state index in [9.17, 15) is 14.4 Å². The summed E-state index contributed by atoms with van der Waals surface area (Å²) in [5, 5.41) is 11.0. The molecule has 2 rings (SSSR count). The third-order valence-corrected chi connectivity index (χ3v) is 2.69. The third-order valence-electron chi connectivity index (χ3n) is 2.69. The largest absolute Gasteiger partial charge is 0.496 e. The summed E-state index contributed by atoms with van der Waals surface area (Å²) in [6.07, 6.45) is 1.45. The molecule has 0 aliphatic carbocycles. The van der Waals surface area contributed by atoms with Gasteiger partial charge in [0, 0.05) is 5.56 Å². The van der Waals surface area contributed by atoms with Crippen LogP contribution in [0.25, 0.3) is 6.08 Å². The van der Waals surface area contributed by atoms with E-state index in [1.807, 2.05) is 0 Å². The van der Waals surface area contributed by atoms with E-state index < -0.39 is 24.5 Å². The second-order valence-electron chi connectivity index (χ2n) is 4.02. The van der Waals surface area contributed by atoms with Crippen molar-refractivity contribution < 1.29 is 24.2 Å². The van der Waals surface area contributed by atoms with Gasteiger partial charge < -0.3 is 15.2 Å². The van der Waals surface area contributed by atoms with E-state index in [4.69, 9.17) is 9.84 Å². The molecule has 1 aliphatic rings. The first-order valence-corrected chi connectivity index (χ1v) is 5.72. The molecule has 0 spiro atoms. The minimum Gasteiger partial charge on any atom is -0.496 e. The Kier molecular flexibility index (Phi) is 3.69. The van der Waals surface area contributed by atoms with Crippen LogP contribution in [0.3, 0.4) is 0 Å². The zero-order valence-corrected chi connectivity index (χ0v) is 10.6. The minimum absolute atomic E-state index is 0.0146. The number of para-hydroxylation sites is 1. The van der Waals surface area contributed by atoms with Crippen LogP contribution in [-0.4, -0.2) is 41.6 Å². The summed E-state index contributed by atoms with van der Waals surface area (Å²) in [5.41, 5.74) is 0.622. The summed E-state index contributed by atoms with van der Waals surface area (Å²) in [4.78, 5) is 34.7. The first kappa shape index (κ1) is 13.6. The number of methoxy groups -OCH3 is 1. The number of carboxylic acid groups (broad SMARTS) is 1. The van der Waals surface area contributed by atoms with Crippen LogP contribution in [0.5, 0.6) is 5.75 Å². The lowest BCUT2D eigenvalue weighted by Gasteiger charge is -2.07. The zero-order valence-electron chi connectivity index (χ0n) is 10.6. The molecule has 0 radical (unpaired) electrons. The van der Waals surface area contributed by atoms with Gasteiger partial charge in [-0.3, -0.25) is 9.59 Å². The molecule has 2 N–H and O–H groups in total. The predicted octanol–water partition coefficient (Wildman–Crippen LogP) is 0.672. The Balaban J connectivity index is 2.30. The fourth-order valence-corrected chi connectivity index (χ4v) is 1.79. The van der Waals surface area contributed by atoms with Crippen LogP contribution >= 0.6 is 0 Å². The molecule has 1 aliphatic heterocycles. The smallest absolute Gasteiger partial charge is 0.329 e. The molecular weight excluding hydrogens is 264 g/mol. The van der Waals surface area contributed by atoms with Crippen molar-refractivity contribution in [2.24, 2.45) is 0 Å². The lowest BCUT2D eigenvalue weighted by atomic mass is 10.1. The van der Waals surface area contributed by atoms with Gasteiger partial charge in [-0.1, -0.05) is 18.2 Å². The highest BCUT2D eigenvalue weighted by Crippen LogP contribution is 2.21. The van der Waals surface area contributed by atoms with Crippen molar-refractivity contribution in [3.8, 4) is 5.75 Å². The number of hydrogen-bond donors (Lipinski definition) is 2. The summed E-state index contributed by atoms with van der Waals surface area (Å²) in [7, 11) is 1.49. The van der Waals surface area contributed by atoms with Gasteiger partial charge in [0.2, 0.25) is 0 Å². The topological polar surface area (TPSA) is 95.9 Å². The van der Waals surface area contributed by atoms with E-state index in [2.05, 4.69) is 5.32 Å². The zero-order chi connectivity index (χ0) is 14.7. The molecule has 104 valence electrons. The number of hydrogen-bond acceptors (Lipinski definition) is 4. The van der Waals surface area contributed by atoms with E-state index in [0.717, 1.165) is 0 Å². The van der Waals surface area contributed by atoms with E-state index in [1.165, 1.54) is 13.2 Å². The fraction of sp³-hybridized carbons (Fsp3) is 0.154. The summed E-state index contributed by atoms with van der Waals surface area (Å²) < 4.78 is 5.13. The monoisotopic (exact) mass is 276 g/mol. The summed E-state index contributed by atoms with van der Waals surface area (Å²) in [6, 6.07) is 6.20. The van der Waals surface area contributed by atoms with E-state index in [-0.39, 0.29) is 5.70 Å². The van der Waals surface area contributed by atoms with Crippen molar-refractivity contribution in [3.63, 3.8) is 0 Å². The lowest BCUT2D eigenvalue weighted by Crippen LogP contribution is -2.35. The second-order valence-corrected chi connectivity index (χ2v) is 4.02. The molecule has 1 aromatic rings. The molecule has 0 bridgehead atoms. The van der Waals surface area contributed by atoms with Crippen LogP contribution in [0.15, 0.2) is 30.0 Å². The van der Waals surface area contributed by atoms with Crippen LogP contribution in [-0.2, 0) is 9.59 Å². The first-order chi connectivity index (χ1) is 9.52. The Morgan fingerprint density at radius 1 is 1.40 bits per heavy atom. The number of amides is 3. The van der Waals surface area contributed by atoms with Crippen molar-refractivity contribution >= 4 is 24.0 Å². The van der Waals surface area contributed by atoms with Crippen molar-refractivity contribution in [3.05, 3.63) is 35.5 Å². The van der Waals surface area contributed by atoms with Crippen LogP contribution < -0.4 is 10.1 Å². The Morgan fingerprint density at radius 3 is 2.75 bits per heavy atom. The average Bonchev–Trinajstić information content (AvgIpc) is 2.67. The van der Waals surface area contributed by atoms with E-state index >= 15 is 0 Å². The number of ether oxygens (including phenoxy) is 1. The number of benzene rings is 1. The van der Waals surface area contributed by atoms with Crippen LogP contribution in [0.1, 0.15) is 5.56 Å². The van der Waals surface area contributed by atoms with Gasteiger partial charge in [-0.15, -0.1) is 0 Å². The molecule has 1 heterocycles. The Morgan fingerprint density at radius 2 is 2.10 bits per heavy atom. The SMILES string of the molecule is COc1ccccc1C=C1NC(=O)N(CC(=O)O)C1=O. The maximum atomic E-state index is 11.9. The molecule has 3 amide bonds. The third kappa shape index (κ3) is 2.61. The number of carbonyl (C=O) groups is 3. The van der Waals surface area contributed by atoms with E-state index in [0.29, 0.717) is 16.2 Å². The molecule has 0 atom stereocenters. The highest BCUT2D eigenvalue weighted by molar-refractivity contribution is 6.15. The summed E-state index contributed by atoms with van der Waals surface area (Å²) >= 11 is 0. The molecule has 0 aromatic heterocycles. The van der Waals surface area contributed by atoms with Crippen molar-refractivity contribution in [2.75, 3.05) is 13.7 Å². The maximum Gasteiger partial charge on any atom is 0.329 e. The van der Waals surface area contributed by atoms with Crippen molar-refractivity contribution in [1.82, 2.24) is 10.2 Å². The molecule has 1 fully saturated rings. The number of carbonyl (C=O) groups excluding carboxylic acids is 2. The summed E-state index contributed by atoms with van der Waals surface area (Å²) in [5.74, 6) is -1.39. The normalized spacial score (nSPS) is 16.4. The molecule has 1 aromatic carbocycles. The standard InChI is InChI=1S/C13H12N2O5/c1-20-10-5-3-2-4-8(10)6-9-12(18)15(7-11(16)17)13(19)14-9/h2-6H,7H2,1H3,(H,14,19)(H,16,17). The molecule has 20 heavy (non-hydrogen) atoms. The van der Waals surface area contributed by atoms with Crippen LogP contribution in [0, 0.1) is 0 Å². The van der Waals surface area contributed by atoms with Crippen molar-refractivity contribution in [1.29, 1.82) is 0 Å². The number of nitrogens with one attached hydrogen (secondary N) is 1. The Labute approximate surface area is 114 Å². The number of rotatable bonds is 4. The van der Waals surface area contributed by atoms with Crippen molar-refractivity contribution in [2.45, 2.75) is 0 Å². The highest BCUT2D eigenvalue weighted by atomic mass is 16.5. The highest BCUT2D eigenvalue weighted by Gasteiger charge is 2.34. The molecule has 7 heteroatoms. The van der Waals surface area contributed by atoms with E-state index in [1.54, 1.807) is 24.3 Å². The lowest BCUT2D eigenvalue weighted by molar-refractivity contribution is -0.140. The molecule has 0 saturated carbocycles. The number of carboxylic acids is 1. The van der Waals surface area contributed by atoms with Gasteiger partial charge in [0.25, 0.3) is 5.91 Å². The number of imide groups is 1. The molecule has 7 nitrogen and oxygen atoms in total. The first-order valence-electron chi connectivity index (χ1n) is 5.72. The van der Waals surface area contributed by atoms with Gasteiger partial charge in [0.05, 0.1) is 7.11 Å². The van der Waals surface area contributed by atoms with Gasteiger partial charge in [0.15, 0.2) is 0 Å². The van der Waals surface area contributed by atoms with Gasteiger partial charge >= 0.3 is 12.0 Å². The van der Waals surface area contributed by atoms with Crippen LogP contribution in [0.4, 0.5) is 4.79 Å². The number of urea groups is 1. The number of nitrogens with zero attached hydrogens (tertiary/aromatic N) is 1. The molecular formula is C13H12N2O5. The predicted molar refractivity (Wildman–Crippen MR) is 68.9 cm³/mol. The average molecular weight is 276 g/mol. The minimum atomic E-state index is -1.26. The Bertz CT molecular complexity index is 609. The molecule has 0 unspecified atom stereocenters. The van der Waals surface area contributed by atoms with Gasteiger partial charge in [-0.2, -0.15) is 0 Å². The number of aliphatic carboxylic acids is 1. The van der Waals surface area contributed by atoms with Crippen LogP contribution in [0.2, 0.25) is 0 Å². The maximum absolute atomic E-state index is 11.9. The molecule has 1 saturated heterocycles. The second kappa shape index (κ2) is 5.43. The van der Waals surface area contributed by atoms with Gasteiger partial charge in [0.1, 0.15) is 18.0 Å². The summed E-state index contributed by atoms with van der Waals surface area (Å²) in [6.45, 7) is -0.673.